The van der Waals surface area contributed by atoms with E-state index in [-0.39, 0.29) is 0 Å². The highest BCUT2D eigenvalue weighted by Gasteiger charge is 2.08. The van der Waals surface area contributed by atoms with E-state index in [1.807, 2.05) is 18.2 Å². The molecule has 0 saturated heterocycles. The standard InChI is InChI=1S/C13H17N3O/c1-2-9-16-12-6-4-3-5-11(12)15-13(16)7-8-14-10-17/h3-6,10H,2,7-9H2,1H3,(H,14,17). The summed E-state index contributed by atoms with van der Waals surface area (Å²) < 4.78 is 2.24. The summed E-state index contributed by atoms with van der Waals surface area (Å²) in [5, 5.41) is 2.68. The van der Waals surface area contributed by atoms with Crippen LogP contribution in [0.25, 0.3) is 11.0 Å². The summed E-state index contributed by atoms with van der Waals surface area (Å²) in [4.78, 5) is 14.8. The van der Waals surface area contributed by atoms with Gasteiger partial charge in [-0.1, -0.05) is 19.1 Å². The van der Waals surface area contributed by atoms with Crippen LogP contribution >= 0.6 is 0 Å². The number of benzene rings is 1. The van der Waals surface area contributed by atoms with Crippen molar-refractivity contribution in [2.75, 3.05) is 6.54 Å². The van der Waals surface area contributed by atoms with Crippen molar-refractivity contribution in [3.8, 4) is 0 Å². The number of para-hydroxylation sites is 2. The Morgan fingerprint density at radius 2 is 2.24 bits per heavy atom. The number of nitrogens with one attached hydrogen (secondary N) is 1. The van der Waals surface area contributed by atoms with E-state index >= 15 is 0 Å². The van der Waals surface area contributed by atoms with Crippen LogP contribution in [0.5, 0.6) is 0 Å². The van der Waals surface area contributed by atoms with Crippen LogP contribution in [0, 0.1) is 0 Å². The second kappa shape index (κ2) is 5.48. The molecule has 17 heavy (non-hydrogen) atoms. The van der Waals surface area contributed by atoms with Crippen molar-refractivity contribution >= 4 is 17.4 Å². The Morgan fingerprint density at radius 3 is 3.00 bits per heavy atom. The van der Waals surface area contributed by atoms with Crippen LogP contribution in [0.3, 0.4) is 0 Å². The minimum absolute atomic E-state index is 0.635. The van der Waals surface area contributed by atoms with E-state index in [9.17, 15) is 4.79 Å². The lowest BCUT2D eigenvalue weighted by Gasteiger charge is -2.07. The summed E-state index contributed by atoms with van der Waals surface area (Å²) in [6.45, 7) is 3.76. The fraction of sp³-hybridized carbons (Fsp3) is 0.385. The summed E-state index contributed by atoms with van der Waals surface area (Å²) >= 11 is 0. The molecule has 0 radical (unpaired) electrons. The molecule has 1 amide bonds. The predicted molar refractivity (Wildman–Crippen MR) is 67.8 cm³/mol. The quantitative estimate of drug-likeness (QED) is 0.608. The van der Waals surface area contributed by atoms with Gasteiger partial charge in [-0.3, -0.25) is 4.79 Å². The zero-order valence-corrected chi connectivity index (χ0v) is 10.0. The molecule has 1 aromatic carbocycles. The SMILES string of the molecule is CCCn1c(CCNC=O)nc2ccccc21. The number of amides is 1. The third-order valence-electron chi connectivity index (χ3n) is 2.76. The summed E-state index contributed by atoms with van der Waals surface area (Å²) in [6, 6.07) is 8.15. The predicted octanol–water partition coefficient (Wildman–Crippen LogP) is 1.73. The van der Waals surface area contributed by atoms with Crippen molar-refractivity contribution < 1.29 is 4.79 Å². The third-order valence-corrected chi connectivity index (χ3v) is 2.76. The molecule has 90 valence electrons. The number of imidazole rings is 1. The van der Waals surface area contributed by atoms with E-state index in [1.165, 1.54) is 5.52 Å². The lowest BCUT2D eigenvalue weighted by Crippen LogP contribution is -2.17. The van der Waals surface area contributed by atoms with Crippen molar-refractivity contribution in [2.45, 2.75) is 26.3 Å². The minimum Gasteiger partial charge on any atom is -0.358 e. The van der Waals surface area contributed by atoms with Crippen LogP contribution in [0.4, 0.5) is 0 Å². The second-order valence-electron chi connectivity index (χ2n) is 3.99. The van der Waals surface area contributed by atoms with Gasteiger partial charge in [-0.2, -0.15) is 0 Å². The zero-order chi connectivity index (χ0) is 12.1. The van der Waals surface area contributed by atoms with Gasteiger partial charge < -0.3 is 9.88 Å². The van der Waals surface area contributed by atoms with Gasteiger partial charge in [0.25, 0.3) is 0 Å². The number of hydrogen-bond acceptors (Lipinski definition) is 2. The highest BCUT2D eigenvalue weighted by molar-refractivity contribution is 5.75. The van der Waals surface area contributed by atoms with Crippen LogP contribution in [0.1, 0.15) is 19.2 Å². The Labute approximate surface area is 101 Å². The molecule has 0 atom stereocenters. The summed E-state index contributed by atoms with van der Waals surface area (Å²) in [7, 11) is 0. The smallest absolute Gasteiger partial charge is 0.207 e. The average molecular weight is 231 g/mol. The maximum Gasteiger partial charge on any atom is 0.207 e. The monoisotopic (exact) mass is 231 g/mol. The van der Waals surface area contributed by atoms with Gasteiger partial charge in [0, 0.05) is 19.5 Å². The van der Waals surface area contributed by atoms with Gasteiger partial charge in [-0.15, -0.1) is 0 Å². The number of carbonyl (C=O) groups excluding carboxylic acids is 1. The van der Waals surface area contributed by atoms with Crippen LogP contribution < -0.4 is 5.32 Å². The molecule has 2 rings (SSSR count). The fourth-order valence-electron chi connectivity index (χ4n) is 2.03. The van der Waals surface area contributed by atoms with Crippen LogP contribution in [-0.4, -0.2) is 22.5 Å². The van der Waals surface area contributed by atoms with Gasteiger partial charge in [0.2, 0.25) is 6.41 Å². The first-order valence-corrected chi connectivity index (χ1v) is 5.98. The van der Waals surface area contributed by atoms with Crippen molar-refractivity contribution in [3.05, 3.63) is 30.1 Å². The van der Waals surface area contributed by atoms with Crippen molar-refractivity contribution in [3.63, 3.8) is 0 Å². The number of rotatable bonds is 6. The highest BCUT2D eigenvalue weighted by Crippen LogP contribution is 2.16. The average Bonchev–Trinajstić information content (AvgIpc) is 2.69. The van der Waals surface area contributed by atoms with E-state index in [4.69, 9.17) is 0 Å². The third kappa shape index (κ3) is 2.46. The first-order valence-electron chi connectivity index (χ1n) is 5.98. The second-order valence-corrected chi connectivity index (χ2v) is 3.99. The van der Waals surface area contributed by atoms with Gasteiger partial charge in [-0.05, 0) is 18.6 Å². The molecule has 0 aliphatic heterocycles. The molecule has 2 aromatic rings. The zero-order valence-electron chi connectivity index (χ0n) is 10.0. The van der Waals surface area contributed by atoms with E-state index in [2.05, 4.69) is 27.9 Å². The number of aryl methyl sites for hydroxylation is 1. The minimum atomic E-state index is 0.635. The fourth-order valence-corrected chi connectivity index (χ4v) is 2.03. The molecule has 0 bridgehead atoms. The van der Waals surface area contributed by atoms with Crippen molar-refractivity contribution in [1.82, 2.24) is 14.9 Å². The van der Waals surface area contributed by atoms with Gasteiger partial charge in [0.1, 0.15) is 5.82 Å². The Morgan fingerprint density at radius 1 is 1.41 bits per heavy atom. The number of carbonyl (C=O) groups is 1. The molecule has 0 aliphatic carbocycles. The van der Waals surface area contributed by atoms with E-state index < -0.39 is 0 Å². The van der Waals surface area contributed by atoms with E-state index in [1.54, 1.807) is 0 Å². The number of fused-ring (bicyclic) bond motifs is 1. The molecule has 0 unspecified atom stereocenters. The molecule has 1 aromatic heterocycles. The maximum atomic E-state index is 10.2. The molecular formula is C13H17N3O. The topological polar surface area (TPSA) is 46.9 Å². The van der Waals surface area contributed by atoms with Gasteiger partial charge >= 0.3 is 0 Å². The lowest BCUT2D eigenvalue weighted by atomic mass is 10.3. The molecule has 1 N–H and O–H groups in total. The highest BCUT2D eigenvalue weighted by atomic mass is 16.1. The van der Waals surface area contributed by atoms with E-state index in [0.717, 1.165) is 37.1 Å². The summed E-state index contributed by atoms with van der Waals surface area (Å²) in [5.41, 5.74) is 2.21. The first kappa shape index (κ1) is 11.6. The number of nitrogens with zero attached hydrogens (tertiary/aromatic N) is 2. The summed E-state index contributed by atoms with van der Waals surface area (Å²) in [5.74, 6) is 1.04. The Bertz CT molecular complexity index is 504. The largest absolute Gasteiger partial charge is 0.358 e. The molecular weight excluding hydrogens is 214 g/mol. The molecule has 1 heterocycles. The lowest BCUT2D eigenvalue weighted by molar-refractivity contribution is -0.109. The first-order chi connectivity index (χ1) is 8.36. The molecule has 4 nitrogen and oxygen atoms in total. The molecule has 0 aliphatic rings. The van der Waals surface area contributed by atoms with Crippen LogP contribution in [0.2, 0.25) is 0 Å². The Hall–Kier alpha value is -1.84. The van der Waals surface area contributed by atoms with Crippen LogP contribution in [0.15, 0.2) is 24.3 Å². The Balaban J connectivity index is 2.31. The van der Waals surface area contributed by atoms with Crippen LogP contribution in [-0.2, 0) is 17.8 Å². The maximum absolute atomic E-state index is 10.2. The van der Waals surface area contributed by atoms with Gasteiger partial charge in [-0.25, -0.2) is 4.98 Å². The molecule has 0 saturated carbocycles. The van der Waals surface area contributed by atoms with Crippen molar-refractivity contribution in [2.24, 2.45) is 0 Å². The van der Waals surface area contributed by atoms with E-state index in [0.29, 0.717) is 6.54 Å². The van der Waals surface area contributed by atoms with Gasteiger partial charge in [0.05, 0.1) is 11.0 Å². The van der Waals surface area contributed by atoms with Gasteiger partial charge in [0.15, 0.2) is 0 Å². The number of aromatic nitrogens is 2. The summed E-state index contributed by atoms with van der Waals surface area (Å²) in [6.07, 6.45) is 2.58. The Kier molecular flexibility index (Phi) is 3.75. The molecule has 4 heteroatoms. The normalized spacial score (nSPS) is 10.6. The molecule has 0 fully saturated rings. The number of hydrogen-bond donors (Lipinski definition) is 1. The molecule has 0 spiro atoms. The van der Waals surface area contributed by atoms with Crippen molar-refractivity contribution in [1.29, 1.82) is 0 Å².